The van der Waals surface area contributed by atoms with Crippen molar-refractivity contribution in [2.75, 3.05) is 6.54 Å². The molecule has 0 aliphatic carbocycles. The lowest BCUT2D eigenvalue weighted by Crippen LogP contribution is -2.34. The van der Waals surface area contributed by atoms with Gasteiger partial charge in [0.1, 0.15) is 5.82 Å². The largest absolute Gasteiger partial charge is 0.419 e. The third-order valence-corrected chi connectivity index (χ3v) is 4.31. The Bertz CT molecular complexity index is 842. The van der Waals surface area contributed by atoms with Crippen molar-refractivity contribution in [2.45, 2.75) is 19.1 Å². The van der Waals surface area contributed by atoms with Crippen LogP contribution in [0.3, 0.4) is 0 Å². The SMILES string of the molecule is C=CC(=O)N1CCc2ccc(-c3ccc(C(F)(F)F)c(F)c3)cc2C1. The quantitative estimate of drug-likeness (QED) is 0.574. The van der Waals surface area contributed by atoms with Crippen molar-refractivity contribution in [3.63, 3.8) is 0 Å². The molecule has 2 aromatic rings. The fraction of sp³-hybridized carbons (Fsp3) is 0.211. The van der Waals surface area contributed by atoms with E-state index in [1.165, 1.54) is 12.1 Å². The van der Waals surface area contributed by atoms with Gasteiger partial charge in [0.05, 0.1) is 5.56 Å². The number of nitrogens with zero attached hydrogens (tertiary/aromatic N) is 1. The summed E-state index contributed by atoms with van der Waals surface area (Å²) in [7, 11) is 0. The van der Waals surface area contributed by atoms with Crippen molar-refractivity contribution >= 4 is 5.91 Å². The zero-order valence-electron chi connectivity index (χ0n) is 13.2. The minimum absolute atomic E-state index is 0.170. The lowest BCUT2D eigenvalue weighted by Gasteiger charge is -2.28. The first kappa shape index (κ1) is 17.2. The number of fused-ring (bicyclic) bond motifs is 1. The molecule has 1 amide bonds. The average molecular weight is 349 g/mol. The number of hydrogen-bond acceptors (Lipinski definition) is 1. The van der Waals surface area contributed by atoms with E-state index >= 15 is 0 Å². The maximum Gasteiger partial charge on any atom is 0.419 e. The molecule has 0 fully saturated rings. The van der Waals surface area contributed by atoms with Crippen LogP contribution in [0, 0.1) is 5.82 Å². The fourth-order valence-corrected chi connectivity index (χ4v) is 2.98. The van der Waals surface area contributed by atoms with Crippen molar-refractivity contribution < 1.29 is 22.4 Å². The molecule has 0 atom stereocenters. The molecular formula is C19H15F4NO. The predicted octanol–water partition coefficient (Wildman–Crippen LogP) is 4.58. The summed E-state index contributed by atoms with van der Waals surface area (Å²) >= 11 is 0. The summed E-state index contributed by atoms with van der Waals surface area (Å²) in [6, 6.07) is 8.31. The molecule has 2 nitrogen and oxygen atoms in total. The Balaban J connectivity index is 1.94. The van der Waals surface area contributed by atoms with Crippen LogP contribution in [0.2, 0.25) is 0 Å². The van der Waals surface area contributed by atoms with E-state index in [2.05, 4.69) is 6.58 Å². The van der Waals surface area contributed by atoms with Gasteiger partial charge in [0.2, 0.25) is 5.91 Å². The highest BCUT2D eigenvalue weighted by Crippen LogP contribution is 2.34. The van der Waals surface area contributed by atoms with Gasteiger partial charge in [-0.25, -0.2) is 4.39 Å². The minimum Gasteiger partial charge on any atom is -0.335 e. The predicted molar refractivity (Wildman–Crippen MR) is 86.2 cm³/mol. The fourth-order valence-electron chi connectivity index (χ4n) is 2.98. The zero-order chi connectivity index (χ0) is 18.2. The van der Waals surface area contributed by atoms with Crippen molar-refractivity contribution in [1.82, 2.24) is 4.90 Å². The van der Waals surface area contributed by atoms with E-state index in [0.717, 1.165) is 23.3 Å². The van der Waals surface area contributed by atoms with Crippen molar-refractivity contribution in [2.24, 2.45) is 0 Å². The van der Waals surface area contributed by atoms with Crippen LogP contribution in [0.1, 0.15) is 16.7 Å². The molecule has 0 unspecified atom stereocenters. The van der Waals surface area contributed by atoms with Crippen molar-refractivity contribution in [3.05, 3.63) is 71.6 Å². The molecule has 1 heterocycles. The van der Waals surface area contributed by atoms with Crippen LogP contribution in [0.25, 0.3) is 11.1 Å². The van der Waals surface area contributed by atoms with E-state index in [1.54, 1.807) is 17.0 Å². The third kappa shape index (κ3) is 3.43. The molecule has 130 valence electrons. The van der Waals surface area contributed by atoms with Crippen LogP contribution >= 0.6 is 0 Å². The number of amides is 1. The molecule has 25 heavy (non-hydrogen) atoms. The van der Waals surface area contributed by atoms with Crippen LogP contribution in [0.15, 0.2) is 49.1 Å². The van der Waals surface area contributed by atoms with E-state index in [-0.39, 0.29) is 5.91 Å². The molecule has 0 saturated carbocycles. The van der Waals surface area contributed by atoms with Gasteiger partial charge >= 0.3 is 6.18 Å². The van der Waals surface area contributed by atoms with Gasteiger partial charge in [-0.15, -0.1) is 0 Å². The van der Waals surface area contributed by atoms with Gasteiger partial charge in [-0.3, -0.25) is 4.79 Å². The summed E-state index contributed by atoms with van der Waals surface area (Å²) in [5.41, 5.74) is 1.67. The monoisotopic (exact) mass is 349 g/mol. The Hall–Kier alpha value is -2.63. The van der Waals surface area contributed by atoms with E-state index in [9.17, 15) is 22.4 Å². The Morgan fingerprint density at radius 1 is 1.08 bits per heavy atom. The highest BCUT2D eigenvalue weighted by molar-refractivity contribution is 5.87. The molecule has 2 aromatic carbocycles. The van der Waals surface area contributed by atoms with Crippen LogP contribution in [0.5, 0.6) is 0 Å². The van der Waals surface area contributed by atoms with Crippen LogP contribution in [-0.2, 0) is 23.9 Å². The Morgan fingerprint density at radius 2 is 1.76 bits per heavy atom. The van der Waals surface area contributed by atoms with Crippen molar-refractivity contribution in [1.29, 1.82) is 0 Å². The molecule has 0 spiro atoms. The van der Waals surface area contributed by atoms with Crippen LogP contribution in [0.4, 0.5) is 17.6 Å². The highest BCUT2D eigenvalue weighted by atomic mass is 19.4. The van der Waals surface area contributed by atoms with Crippen LogP contribution in [-0.4, -0.2) is 17.4 Å². The first-order valence-electron chi connectivity index (χ1n) is 7.70. The molecule has 0 bridgehead atoms. The second-order valence-corrected chi connectivity index (χ2v) is 5.89. The number of halogens is 4. The minimum atomic E-state index is -4.72. The summed E-state index contributed by atoms with van der Waals surface area (Å²) in [6.07, 6.45) is -2.78. The molecule has 1 aliphatic heterocycles. The Labute approximate surface area is 142 Å². The molecule has 3 rings (SSSR count). The Kier molecular flexibility index (Phi) is 4.37. The van der Waals surface area contributed by atoms with Crippen LogP contribution < -0.4 is 0 Å². The maximum absolute atomic E-state index is 13.8. The molecule has 6 heteroatoms. The second-order valence-electron chi connectivity index (χ2n) is 5.89. The zero-order valence-corrected chi connectivity index (χ0v) is 13.2. The van der Waals surface area contributed by atoms with Gasteiger partial charge in [0.25, 0.3) is 0 Å². The number of rotatable bonds is 2. The van der Waals surface area contributed by atoms with E-state index < -0.39 is 17.6 Å². The summed E-state index contributed by atoms with van der Waals surface area (Å²) in [5, 5.41) is 0. The van der Waals surface area contributed by atoms with E-state index in [4.69, 9.17) is 0 Å². The molecule has 0 aromatic heterocycles. The van der Waals surface area contributed by atoms with Gasteiger partial charge in [0.15, 0.2) is 0 Å². The number of hydrogen-bond donors (Lipinski definition) is 0. The molecule has 0 saturated heterocycles. The first-order valence-corrected chi connectivity index (χ1v) is 7.70. The number of carbonyl (C=O) groups is 1. The average Bonchev–Trinajstić information content (AvgIpc) is 2.58. The van der Waals surface area contributed by atoms with Gasteiger partial charge in [-0.1, -0.05) is 24.8 Å². The van der Waals surface area contributed by atoms with Gasteiger partial charge in [0, 0.05) is 13.1 Å². The van der Waals surface area contributed by atoms with Gasteiger partial charge in [-0.2, -0.15) is 13.2 Å². The van der Waals surface area contributed by atoms with E-state index in [1.807, 2.05) is 6.07 Å². The molecule has 0 N–H and O–H groups in total. The number of alkyl halides is 3. The number of benzene rings is 2. The highest BCUT2D eigenvalue weighted by Gasteiger charge is 2.34. The smallest absolute Gasteiger partial charge is 0.335 e. The summed E-state index contributed by atoms with van der Waals surface area (Å²) in [6.45, 7) is 4.46. The topological polar surface area (TPSA) is 20.3 Å². The molecule has 0 radical (unpaired) electrons. The standard InChI is InChI=1S/C19H15F4NO/c1-2-18(25)24-8-7-12-3-4-13(9-15(12)11-24)14-5-6-16(17(20)10-14)19(21,22)23/h2-6,9-10H,1,7-8,11H2. The van der Waals surface area contributed by atoms with Gasteiger partial charge in [-0.05, 0) is 52.9 Å². The van der Waals surface area contributed by atoms with E-state index in [0.29, 0.717) is 30.6 Å². The third-order valence-electron chi connectivity index (χ3n) is 4.31. The lowest BCUT2D eigenvalue weighted by molar-refractivity contribution is -0.140. The van der Waals surface area contributed by atoms with Gasteiger partial charge < -0.3 is 4.90 Å². The maximum atomic E-state index is 13.8. The Morgan fingerprint density at radius 3 is 2.40 bits per heavy atom. The molecular weight excluding hydrogens is 334 g/mol. The molecule has 1 aliphatic rings. The van der Waals surface area contributed by atoms with Crippen molar-refractivity contribution in [3.8, 4) is 11.1 Å². The second kappa shape index (κ2) is 6.35. The summed E-state index contributed by atoms with van der Waals surface area (Å²) in [4.78, 5) is 13.4. The first-order chi connectivity index (χ1) is 11.8. The number of carbonyl (C=O) groups excluding carboxylic acids is 1. The normalized spacial score (nSPS) is 14.2. The lowest BCUT2D eigenvalue weighted by atomic mass is 9.94. The summed E-state index contributed by atoms with van der Waals surface area (Å²) in [5.74, 6) is -1.47. The summed E-state index contributed by atoms with van der Waals surface area (Å²) < 4.78 is 51.8.